The maximum atomic E-state index is 13.3. The summed E-state index contributed by atoms with van der Waals surface area (Å²) in [5.41, 5.74) is 2.90. The lowest BCUT2D eigenvalue weighted by molar-refractivity contribution is -0.121. The number of aromatic nitrogens is 3. The van der Waals surface area contributed by atoms with Crippen molar-refractivity contribution < 1.29 is 23.8 Å². The van der Waals surface area contributed by atoms with Crippen molar-refractivity contribution in [2.24, 2.45) is 7.05 Å². The average Bonchev–Trinajstić information content (AvgIpc) is 3.47. The van der Waals surface area contributed by atoms with Gasteiger partial charge in [0.15, 0.2) is 23.8 Å². The Balaban J connectivity index is 1.39. The Bertz CT molecular complexity index is 1410. The normalized spacial score (nSPS) is 12.5. The lowest BCUT2D eigenvalue weighted by atomic mass is 10.1. The highest BCUT2D eigenvalue weighted by Gasteiger charge is 2.24. The van der Waals surface area contributed by atoms with Crippen LogP contribution in [0.3, 0.4) is 0 Å². The molecule has 9 nitrogen and oxygen atoms in total. The number of amides is 1. The molecule has 0 spiro atoms. The first-order valence-electron chi connectivity index (χ1n) is 11.1. The molecular weight excluding hydrogens is 468 g/mol. The Morgan fingerprint density at radius 1 is 1.14 bits per heavy atom. The van der Waals surface area contributed by atoms with Gasteiger partial charge in [0.1, 0.15) is 13.2 Å². The minimum Gasteiger partial charge on any atom is -0.486 e. The van der Waals surface area contributed by atoms with Crippen molar-refractivity contribution in [3.63, 3.8) is 0 Å². The van der Waals surface area contributed by atoms with E-state index in [0.29, 0.717) is 64.9 Å². The molecule has 4 heterocycles. The second-order valence-corrected chi connectivity index (χ2v) is 9.21. The minimum absolute atomic E-state index is 0.341. The lowest BCUT2D eigenvalue weighted by Crippen LogP contribution is -2.34. The third-order valence-corrected chi connectivity index (χ3v) is 6.54. The maximum absolute atomic E-state index is 13.3. The quantitative estimate of drug-likeness (QED) is 0.378. The molecule has 35 heavy (non-hydrogen) atoms. The number of ether oxygens (including phenoxy) is 3. The molecule has 10 heteroatoms. The molecule has 0 aliphatic carbocycles. The molecule has 5 rings (SSSR count). The van der Waals surface area contributed by atoms with Crippen molar-refractivity contribution >= 4 is 39.9 Å². The Labute approximate surface area is 205 Å². The van der Waals surface area contributed by atoms with Crippen LogP contribution in [0, 0.1) is 13.8 Å². The third kappa shape index (κ3) is 4.57. The summed E-state index contributed by atoms with van der Waals surface area (Å²) >= 11 is 1.55. The summed E-state index contributed by atoms with van der Waals surface area (Å²) in [6, 6.07) is 10.9. The monoisotopic (exact) mass is 492 g/mol. The van der Waals surface area contributed by atoms with Crippen molar-refractivity contribution in [2.75, 3.05) is 24.7 Å². The van der Waals surface area contributed by atoms with Gasteiger partial charge in [0.2, 0.25) is 0 Å². The van der Waals surface area contributed by atoms with Gasteiger partial charge in [-0.3, -0.25) is 9.48 Å². The maximum Gasteiger partial charge on any atom is 0.339 e. The number of hydrogen-bond donors (Lipinski definition) is 0. The van der Waals surface area contributed by atoms with Crippen LogP contribution in [-0.4, -0.2) is 46.5 Å². The number of benzene rings is 1. The standard InChI is InChI=1S/C25H24N4O5S/c1-15-11-19(23-16(2)27-28(3)24(23)26-15)25(31)34-14-22(30)29(13-18-5-4-10-35-18)17-6-7-20-21(12-17)33-9-8-32-20/h4-7,10-12H,8-9,13-14H2,1-3H3. The Morgan fingerprint density at radius 2 is 1.94 bits per heavy atom. The van der Waals surface area contributed by atoms with Gasteiger partial charge < -0.3 is 19.1 Å². The van der Waals surface area contributed by atoms with Crippen LogP contribution < -0.4 is 14.4 Å². The molecule has 180 valence electrons. The van der Waals surface area contributed by atoms with E-state index < -0.39 is 12.6 Å². The van der Waals surface area contributed by atoms with Crippen LogP contribution in [0.4, 0.5) is 5.69 Å². The number of carbonyl (C=O) groups is 2. The van der Waals surface area contributed by atoms with E-state index >= 15 is 0 Å². The first-order chi connectivity index (χ1) is 16.9. The number of pyridine rings is 1. The second kappa shape index (κ2) is 9.38. The smallest absolute Gasteiger partial charge is 0.339 e. The number of rotatable bonds is 6. The fraction of sp³-hybridized carbons (Fsp3) is 0.280. The summed E-state index contributed by atoms with van der Waals surface area (Å²) in [4.78, 5) is 33.4. The number of thiophene rings is 1. The van der Waals surface area contributed by atoms with E-state index in [2.05, 4.69) is 10.1 Å². The molecule has 0 fully saturated rings. The number of anilines is 1. The first kappa shape index (κ1) is 22.9. The Morgan fingerprint density at radius 3 is 2.71 bits per heavy atom. The number of hydrogen-bond acceptors (Lipinski definition) is 8. The van der Waals surface area contributed by atoms with E-state index in [-0.39, 0.29) is 5.91 Å². The van der Waals surface area contributed by atoms with Crippen LogP contribution in [0.15, 0.2) is 41.8 Å². The molecule has 1 aliphatic rings. The Hall–Kier alpha value is -3.92. The number of esters is 1. The molecule has 1 aliphatic heterocycles. The number of nitrogens with zero attached hydrogens (tertiary/aromatic N) is 4. The third-order valence-electron chi connectivity index (χ3n) is 5.68. The van der Waals surface area contributed by atoms with Gasteiger partial charge in [0.05, 0.1) is 23.2 Å². The number of fused-ring (bicyclic) bond motifs is 2. The van der Waals surface area contributed by atoms with Crippen LogP contribution in [0.5, 0.6) is 11.5 Å². The molecule has 0 saturated carbocycles. The second-order valence-electron chi connectivity index (χ2n) is 8.18. The molecule has 1 amide bonds. The van der Waals surface area contributed by atoms with Crippen molar-refractivity contribution in [1.82, 2.24) is 14.8 Å². The fourth-order valence-corrected chi connectivity index (χ4v) is 4.79. The van der Waals surface area contributed by atoms with Crippen LogP contribution in [-0.2, 0) is 23.1 Å². The van der Waals surface area contributed by atoms with E-state index in [9.17, 15) is 9.59 Å². The first-order valence-corrected chi connectivity index (χ1v) is 12.0. The highest BCUT2D eigenvalue weighted by Crippen LogP contribution is 2.35. The zero-order valence-corrected chi connectivity index (χ0v) is 20.4. The lowest BCUT2D eigenvalue weighted by Gasteiger charge is -2.25. The van der Waals surface area contributed by atoms with Gasteiger partial charge in [0, 0.05) is 29.4 Å². The predicted molar refractivity (Wildman–Crippen MR) is 131 cm³/mol. The summed E-state index contributed by atoms with van der Waals surface area (Å²) in [5, 5.41) is 6.94. The van der Waals surface area contributed by atoms with Crippen molar-refractivity contribution in [3.05, 3.63) is 63.6 Å². The van der Waals surface area contributed by atoms with Crippen LogP contribution in [0.1, 0.15) is 26.6 Å². The van der Waals surface area contributed by atoms with Gasteiger partial charge in [-0.2, -0.15) is 5.10 Å². The minimum atomic E-state index is -0.594. The molecule has 0 N–H and O–H groups in total. The van der Waals surface area contributed by atoms with Gasteiger partial charge in [-0.05, 0) is 43.5 Å². The summed E-state index contributed by atoms with van der Waals surface area (Å²) < 4.78 is 18.4. The Kier molecular flexibility index (Phi) is 6.12. The largest absolute Gasteiger partial charge is 0.486 e. The van der Waals surface area contributed by atoms with E-state index in [1.807, 2.05) is 24.4 Å². The van der Waals surface area contributed by atoms with E-state index in [1.165, 1.54) is 0 Å². The van der Waals surface area contributed by atoms with Gasteiger partial charge >= 0.3 is 5.97 Å². The molecule has 3 aromatic heterocycles. The zero-order chi connectivity index (χ0) is 24.5. The molecule has 4 aromatic rings. The van der Waals surface area contributed by atoms with Gasteiger partial charge in [-0.15, -0.1) is 11.3 Å². The summed E-state index contributed by atoms with van der Waals surface area (Å²) in [7, 11) is 1.77. The molecule has 0 bridgehead atoms. The highest BCUT2D eigenvalue weighted by molar-refractivity contribution is 7.09. The van der Waals surface area contributed by atoms with Gasteiger partial charge in [-0.25, -0.2) is 9.78 Å². The topological polar surface area (TPSA) is 95.8 Å². The number of carbonyl (C=O) groups excluding carboxylic acids is 2. The van der Waals surface area contributed by atoms with E-state index in [1.54, 1.807) is 59.2 Å². The zero-order valence-electron chi connectivity index (χ0n) is 19.6. The fourth-order valence-electron chi connectivity index (χ4n) is 4.10. The van der Waals surface area contributed by atoms with Crippen LogP contribution in [0.2, 0.25) is 0 Å². The van der Waals surface area contributed by atoms with Crippen LogP contribution >= 0.6 is 11.3 Å². The molecule has 1 aromatic carbocycles. The van der Waals surface area contributed by atoms with Crippen molar-refractivity contribution in [3.8, 4) is 11.5 Å². The van der Waals surface area contributed by atoms with Crippen molar-refractivity contribution in [1.29, 1.82) is 0 Å². The molecular formula is C25H24N4O5S. The summed E-state index contributed by atoms with van der Waals surface area (Å²) in [6.07, 6.45) is 0. The molecule has 0 unspecified atom stereocenters. The van der Waals surface area contributed by atoms with Gasteiger partial charge in [0.25, 0.3) is 5.91 Å². The summed E-state index contributed by atoms with van der Waals surface area (Å²) in [6.45, 7) is 4.47. The molecule has 0 atom stereocenters. The predicted octanol–water partition coefficient (Wildman–Crippen LogP) is 3.81. The van der Waals surface area contributed by atoms with Crippen LogP contribution in [0.25, 0.3) is 11.0 Å². The van der Waals surface area contributed by atoms with E-state index in [0.717, 1.165) is 4.88 Å². The average molecular weight is 493 g/mol. The number of aryl methyl sites for hydroxylation is 3. The molecule has 0 saturated heterocycles. The highest BCUT2D eigenvalue weighted by atomic mass is 32.1. The van der Waals surface area contributed by atoms with E-state index in [4.69, 9.17) is 14.2 Å². The van der Waals surface area contributed by atoms with Crippen molar-refractivity contribution in [2.45, 2.75) is 20.4 Å². The molecule has 0 radical (unpaired) electrons. The van der Waals surface area contributed by atoms with Gasteiger partial charge in [-0.1, -0.05) is 6.07 Å². The summed E-state index contributed by atoms with van der Waals surface area (Å²) in [5.74, 6) is 0.270. The SMILES string of the molecule is Cc1cc(C(=O)OCC(=O)N(Cc2cccs2)c2ccc3c(c2)OCCO3)c2c(C)nn(C)c2n1.